The van der Waals surface area contributed by atoms with E-state index in [0.717, 1.165) is 16.5 Å². The Morgan fingerprint density at radius 1 is 1.27 bits per heavy atom. The molecule has 0 aliphatic rings. The Kier molecular flexibility index (Phi) is 4.16. The number of carboxylic acid groups (broad SMARTS) is 1. The third-order valence-corrected chi connectivity index (χ3v) is 2.99. The van der Waals surface area contributed by atoms with Crippen molar-refractivity contribution in [3.63, 3.8) is 0 Å². The molecule has 0 unspecified atom stereocenters. The van der Waals surface area contributed by atoms with Gasteiger partial charge in [-0.25, -0.2) is 15.0 Å². The van der Waals surface area contributed by atoms with Crippen molar-refractivity contribution in [1.29, 1.82) is 0 Å². The lowest BCUT2D eigenvalue weighted by atomic mass is 10.1. The van der Waals surface area contributed by atoms with Crippen LogP contribution in [0.15, 0.2) is 18.5 Å². The van der Waals surface area contributed by atoms with Gasteiger partial charge in [-0.05, 0) is 18.6 Å². The zero-order valence-corrected chi connectivity index (χ0v) is 12.1. The van der Waals surface area contributed by atoms with E-state index >= 15 is 0 Å². The second kappa shape index (κ2) is 6.04. The maximum Gasteiger partial charge on any atom is 0.290 e. The average Bonchev–Trinajstić information content (AvgIpc) is 2.82. The molecule has 3 rings (SSSR count). The topological polar surface area (TPSA) is 146 Å². The highest BCUT2D eigenvalue weighted by Crippen LogP contribution is 2.24. The van der Waals surface area contributed by atoms with Crippen LogP contribution in [0, 0.1) is 6.92 Å². The molecule has 0 fully saturated rings. The molecule has 9 heteroatoms. The quantitative estimate of drug-likeness (QED) is 0.554. The van der Waals surface area contributed by atoms with E-state index in [4.69, 9.17) is 21.4 Å². The van der Waals surface area contributed by atoms with Crippen LogP contribution in [0.3, 0.4) is 0 Å². The minimum atomic E-state index is -0.250. The third-order valence-electron chi connectivity index (χ3n) is 2.99. The molecule has 0 atom stereocenters. The molecular weight excluding hydrogens is 286 g/mol. The summed E-state index contributed by atoms with van der Waals surface area (Å²) in [6.45, 7) is 1.68. The number of fused-ring (bicyclic) bond motifs is 1. The highest BCUT2D eigenvalue weighted by atomic mass is 16.3. The van der Waals surface area contributed by atoms with Crippen molar-refractivity contribution in [2.45, 2.75) is 6.92 Å². The van der Waals surface area contributed by atoms with Gasteiger partial charge in [-0.15, -0.1) is 0 Å². The Labute approximate surface area is 125 Å². The van der Waals surface area contributed by atoms with Crippen LogP contribution in [0.5, 0.6) is 0 Å². The fourth-order valence-electron chi connectivity index (χ4n) is 1.98. The SMILES string of the molecule is Cc1cc(N)ncc1-c1nc(N)c2cnn(C)c2n1.O=CO. The predicted octanol–water partition coefficient (Wildman–Crippen LogP) is 0.599. The van der Waals surface area contributed by atoms with Crippen LogP contribution >= 0.6 is 0 Å². The summed E-state index contributed by atoms with van der Waals surface area (Å²) < 4.78 is 1.66. The van der Waals surface area contributed by atoms with Gasteiger partial charge in [0.25, 0.3) is 6.47 Å². The first-order valence-electron chi connectivity index (χ1n) is 6.23. The Morgan fingerprint density at radius 2 is 1.95 bits per heavy atom. The zero-order chi connectivity index (χ0) is 16.3. The van der Waals surface area contributed by atoms with Crippen molar-refractivity contribution in [1.82, 2.24) is 24.7 Å². The number of hydrogen-bond donors (Lipinski definition) is 3. The lowest BCUT2D eigenvalue weighted by Gasteiger charge is -2.06. The molecule has 0 aliphatic carbocycles. The van der Waals surface area contributed by atoms with Crippen molar-refractivity contribution in [3.8, 4) is 11.4 Å². The van der Waals surface area contributed by atoms with Crippen LogP contribution in [0.1, 0.15) is 5.56 Å². The summed E-state index contributed by atoms with van der Waals surface area (Å²) >= 11 is 0. The van der Waals surface area contributed by atoms with Crippen molar-refractivity contribution in [2.75, 3.05) is 11.5 Å². The standard InChI is InChI=1S/C12H13N7.CH2O2/c1-6-3-9(13)15-4-7(6)11-17-10(14)8-5-16-19(2)12(8)18-11;2-1-3/h3-5H,1-2H3,(H2,13,15)(H2,14,17,18);1H,(H,2,3). The van der Waals surface area contributed by atoms with Gasteiger partial charge in [-0.3, -0.25) is 9.48 Å². The molecule has 0 aliphatic heterocycles. The molecule has 22 heavy (non-hydrogen) atoms. The Hall–Kier alpha value is -3.23. The van der Waals surface area contributed by atoms with Gasteiger partial charge in [0.05, 0.1) is 11.6 Å². The fourth-order valence-corrected chi connectivity index (χ4v) is 1.98. The van der Waals surface area contributed by atoms with Gasteiger partial charge in [0.2, 0.25) is 0 Å². The first-order valence-corrected chi connectivity index (χ1v) is 6.23. The summed E-state index contributed by atoms with van der Waals surface area (Å²) in [7, 11) is 1.81. The van der Waals surface area contributed by atoms with Gasteiger partial charge in [-0.1, -0.05) is 0 Å². The van der Waals surface area contributed by atoms with Gasteiger partial charge in [-0.2, -0.15) is 5.10 Å². The summed E-state index contributed by atoms with van der Waals surface area (Å²) in [5.41, 5.74) is 14.0. The summed E-state index contributed by atoms with van der Waals surface area (Å²) in [6, 6.07) is 1.78. The second-order valence-electron chi connectivity index (χ2n) is 4.47. The van der Waals surface area contributed by atoms with Crippen LogP contribution in [-0.2, 0) is 11.8 Å². The molecule has 3 aromatic rings. The van der Waals surface area contributed by atoms with Crippen molar-refractivity contribution in [2.24, 2.45) is 7.05 Å². The summed E-state index contributed by atoms with van der Waals surface area (Å²) in [5.74, 6) is 1.40. The first kappa shape index (κ1) is 15.2. The van der Waals surface area contributed by atoms with Gasteiger partial charge in [0.15, 0.2) is 11.5 Å². The predicted molar refractivity (Wildman–Crippen MR) is 81.8 cm³/mol. The van der Waals surface area contributed by atoms with Crippen molar-refractivity contribution in [3.05, 3.63) is 24.0 Å². The van der Waals surface area contributed by atoms with E-state index in [1.165, 1.54) is 0 Å². The molecule has 0 radical (unpaired) electrons. The monoisotopic (exact) mass is 301 g/mol. The van der Waals surface area contributed by atoms with Crippen LogP contribution < -0.4 is 11.5 Å². The van der Waals surface area contributed by atoms with Crippen molar-refractivity contribution < 1.29 is 9.90 Å². The fraction of sp³-hybridized carbons (Fsp3) is 0.154. The lowest BCUT2D eigenvalue weighted by molar-refractivity contribution is -0.122. The molecule has 0 saturated carbocycles. The number of nitrogen functional groups attached to an aromatic ring is 2. The number of nitrogens with zero attached hydrogens (tertiary/aromatic N) is 5. The van der Waals surface area contributed by atoms with E-state index in [1.807, 2.05) is 14.0 Å². The van der Waals surface area contributed by atoms with Crippen LogP contribution in [-0.4, -0.2) is 36.3 Å². The molecule has 3 heterocycles. The van der Waals surface area contributed by atoms with Crippen LogP contribution in [0.2, 0.25) is 0 Å². The van der Waals surface area contributed by atoms with E-state index < -0.39 is 0 Å². The van der Waals surface area contributed by atoms with Crippen LogP contribution in [0.4, 0.5) is 11.6 Å². The molecule has 9 nitrogen and oxygen atoms in total. The number of anilines is 2. The summed E-state index contributed by atoms with van der Waals surface area (Å²) in [5, 5.41) is 11.8. The third kappa shape index (κ3) is 2.77. The molecule has 0 aromatic carbocycles. The Morgan fingerprint density at radius 3 is 2.59 bits per heavy atom. The summed E-state index contributed by atoms with van der Waals surface area (Å²) in [4.78, 5) is 21.2. The number of pyridine rings is 1. The minimum Gasteiger partial charge on any atom is -0.483 e. The maximum atomic E-state index is 8.36. The number of aromatic nitrogens is 5. The maximum absolute atomic E-state index is 8.36. The van der Waals surface area contributed by atoms with E-state index in [0.29, 0.717) is 23.1 Å². The van der Waals surface area contributed by atoms with E-state index in [2.05, 4.69) is 20.1 Å². The molecule has 0 bridgehead atoms. The number of rotatable bonds is 1. The Balaban J connectivity index is 0.000000545. The Bertz CT molecular complexity index is 829. The van der Waals surface area contributed by atoms with Gasteiger partial charge >= 0.3 is 0 Å². The zero-order valence-electron chi connectivity index (χ0n) is 12.1. The molecule has 3 aromatic heterocycles. The van der Waals surface area contributed by atoms with E-state index in [9.17, 15) is 0 Å². The minimum absolute atomic E-state index is 0.250. The molecule has 0 amide bonds. The van der Waals surface area contributed by atoms with Gasteiger partial charge < -0.3 is 16.6 Å². The lowest BCUT2D eigenvalue weighted by Crippen LogP contribution is -2.01. The molecule has 0 spiro atoms. The van der Waals surface area contributed by atoms with Gasteiger partial charge in [0.1, 0.15) is 11.6 Å². The highest BCUT2D eigenvalue weighted by Gasteiger charge is 2.12. The molecular formula is C13H15N7O2. The number of hydrogen-bond acceptors (Lipinski definition) is 7. The van der Waals surface area contributed by atoms with Crippen LogP contribution in [0.25, 0.3) is 22.4 Å². The first-order chi connectivity index (χ1) is 10.5. The molecule has 114 valence electrons. The normalized spacial score (nSPS) is 10.1. The highest BCUT2D eigenvalue weighted by molar-refractivity contribution is 5.87. The summed E-state index contributed by atoms with van der Waals surface area (Å²) in [6.07, 6.45) is 3.31. The second-order valence-corrected chi connectivity index (χ2v) is 4.47. The smallest absolute Gasteiger partial charge is 0.290 e. The number of aryl methyl sites for hydroxylation is 2. The molecule has 0 saturated heterocycles. The number of carbonyl (C=O) groups is 1. The average molecular weight is 301 g/mol. The van der Waals surface area contributed by atoms with Crippen molar-refractivity contribution >= 4 is 29.1 Å². The van der Waals surface area contributed by atoms with E-state index in [1.54, 1.807) is 23.1 Å². The largest absolute Gasteiger partial charge is 0.483 e. The van der Waals surface area contributed by atoms with E-state index in [-0.39, 0.29) is 6.47 Å². The van der Waals surface area contributed by atoms with Gasteiger partial charge in [0, 0.05) is 18.8 Å². The number of nitrogens with two attached hydrogens (primary N) is 2. The molecule has 5 N–H and O–H groups in total.